The number of ether oxygens (including phenoxy) is 2. The second-order valence-electron chi connectivity index (χ2n) is 5.92. The number of rotatable bonds is 3. The van der Waals surface area contributed by atoms with Crippen LogP contribution in [0.25, 0.3) is 10.8 Å². The fraction of sp³-hybridized carbons (Fsp3) is 0.444. The maximum absolute atomic E-state index is 6.74. The zero-order chi connectivity index (χ0) is 14.9. The Morgan fingerprint density at radius 3 is 2.24 bits per heavy atom. The Kier molecular flexibility index (Phi) is 3.77. The first kappa shape index (κ1) is 14.2. The molecule has 0 radical (unpaired) electrons. The summed E-state index contributed by atoms with van der Waals surface area (Å²) < 4.78 is 11.3. The van der Waals surface area contributed by atoms with Crippen molar-refractivity contribution in [2.24, 2.45) is 5.73 Å². The van der Waals surface area contributed by atoms with Crippen LogP contribution in [-0.4, -0.2) is 14.2 Å². The summed E-state index contributed by atoms with van der Waals surface area (Å²) in [5.41, 5.74) is 7.51. The van der Waals surface area contributed by atoms with Crippen LogP contribution in [0.5, 0.6) is 11.5 Å². The largest absolute Gasteiger partial charge is 0.496 e. The zero-order valence-corrected chi connectivity index (χ0v) is 12.8. The van der Waals surface area contributed by atoms with Gasteiger partial charge in [-0.3, -0.25) is 0 Å². The van der Waals surface area contributed by atoms with Gasteiger partial charge in [-0.25, -0.2) is 0 Å². The van der Waals surface area contributed by atoms with Crippen molar-refractivity contribution in [2.45, 2.75) is 37.6 Å². The highest BCUT2D eigenvalue weighted by molar-refractivity contribution is 5.94. The van der Waals surface area contributed by atoms with E-state index >= 15 is 0 Å². The molecular weight excluding hydrogens is 262 g/mol. The van der Waals surface area contributed by atoms with Crippen LogP contribution in [0.3, 0.4) is 0 Å². The molecule has 0 aromatic heterocycles. The van der Waals surface area contributed by atoms with E-state index in [0.29, 0.717) is 0 Å². The number of nitrogens with two attached hydrogens (primary N) is 1. The molecule has 1 aliphatic rings. The van der Waals surface area contributed by atoms with Crippen molar-refractivity contribution in [3.05, 3.63) is 35.9 Å². The van der Waals surface area contributed by atoms with Gasteiger partial charge in [-0.1, -0.05) is 43.5 Å². The van der Waals surface area contributed by atoms with Crippen LogP contribution in [-0.2, 0) is 5.54 Å². The van der Waals surface area contributed by atoms with Gasteiger partial charge in [0.15, 0.2) is 0 Å². The van der Waals surface area contributed by atoms with Crippen molar-refractivity contribution in [3.8, 4) is 11.5 Å². The van der Waals surface area contributed by atoms with Gasteiger partial charge < -0.3 is 15.2 Å². The molecule has 0 bridgehead atoms. The fourth-order valence-electron chi connectivity index (χ4n) is 3.53. The van der Waals surface area contributed by atoms with Crippen molar-refractivity contribution in [3.63, 3.8) is 0 Å². The van der Waals surface area contributed by atoms with Crippen LogP contribution >= 0.6 is 0 Å². The minimum atomic E-state index is -0.305. The lowest BCUT2D eigenvalue weighted by Crippen LogP contribution is -2.39. The molecular formula is C18H23NO2. The average Bonchev–Trinajstić information content (AvgIpc) is 2.54. The van der Waals surface area contributed by atoms with Gasteiger partial charge in [-0.15, -0.1) is 0 Å². The summed E-state index contributed by atoms with van der Waals surface area (Å²) >= 11 is 0. The third-order valence-electron chi connectivity index (χ3n) is 4.66. The molecule has 0 heterocycles. The molecule has 3 rings (SSSR count). The van der Waals surface area contributed by atoms with E-state index in [4.69, 9.17) is 15.2 Å². The van der Waals surface area contributed by atoms with Crippen LogP contribution in [0.4, 0.5) is 0 Å². The fourth-order valence-corrected chi connectivity index (χ4v) is 3.53. The molecule has 3 nitrogen and oxygen atoms in total. The molecule has 2 aromatic rings. The smallest absolute Gasteiger partial charge is 0.132 e. The minimum Gasteiger partial charge on any atom is -0.496 e. The van der Waals surface area contributed by atoms with Gasteiger partial charge in [0.1, 0.15) is 11.5 Å². The van der Waals surface area contributed by atoms with Crippen LogP contribution in [0.2, 0.25) is 0 Å². The van der Waals surface area contributed by atoms with E-state index in [-0.39, 0.29) is 5.54 Å². The first-order chi connectivity index (χ1) is 10.2. The SMILES string of the molecule is COc1cc(C2(N)CCCCC2)c(OC)c2ccccc12. The third kappa shape index (κ3) is 2.36. The molecule has 0 amide bonds. The Hall–Kier alpha value is -1.74. The highest BCUT2D eigenvalue weighted by atomic mass is 16.5. The van der Waals surface area contributed by atoms with E-state index in [1.165, 1.54) is 19.3 Å². The summed E-state index contributed by atoms with van der Waals surface area (Å²) in [5.74, 6) is 1.77. The van der Waals surface area contributed by atoms with E-state index in [1.807, 2.05) is 12.1 Å². The lowest BCUT2D eigenvalue weighted by atomic mass is 9.76. The van der Waals surface area contributed by atoms with E-state index < -0.39 is 0 Å². The molecule has 2 aromatic carbocycles. The summed E-state index contributed by atoms with van der Waals surface area (Å²) in [4.78, 5) is 0. The molecule has 0 spiro atoms. The van der Waals surface area contributed by atoms with Crippen molar-refractivity contribution >= 4 is 10.8 Å². The van der Waals surface area contributed by atoms with Crippen molar-refractivity contribution in [1.82, 2.24) is 0 Å². The lowest BCUT2D eigenvalue weighted by molar-refractivity contribution is 0.288. The Labute approximate surface area is 126 Å². The summed E-state index contributed by atoms with van der Waals surface area (Å²) in [6.45, 7) is 0. The Bertz CT molecular complexity index is 645. The quantitative estimate of drug-likeness (QED) is 0.928. The summed E-state index contributed by atoms with van der Waals surface area (Å²) in [6, 6.07) is 10.3. The molecule has 112 valence electrons. The van der Waals surface area contributed by atoms with Gasteiger partial charge in [0, 0.05) is 21.9 Å². The summed E-state index contributed by atoms with van der Waals surface area (Å²) in [6.07, 6.45) is 5.63. The lowest BCUT2D eigenvalue weighted by Gasteiger charge is -2.35. The first-order valence-corrected chi connectivity index (χ1v) is 7.63. The van der Waals surface area contributed by atoms with Crippen molar-refractivity contribution < 1.29 is 9.47 Å². The molecule has 1 aliphatic carbocycles. The van der Waals surface area contributed by atoms with E-state index in [2.05, 4.69) is 18.2 Å². The minimum absolute atomic E-state index is 0.305. The number of fused-ring (bicyclic) bond motifs is 1. The summed E-state index contributed by atoms with van der Waals surface area (Å²) in [7, 11) is 3.44. The molecule has 0 aliphatic heterocycles. The maximum Gasteiger partial charge on any atom is 0.132 e. The number of methoxy groups -OCH3 is 2. The second-order valence-corrected chi connectivity index (χ2v) is 5.92. The van der Waals surface area contributed by atoms with Gasteiger partial charge in [0.2, 0.25) is 0 Å². The predicted molar refractivity (Wildman–Crippen MR) is 86.0 cm³/mol. The highest BCUT2D eigenvalue weighted by Crippen LogP contribution is 2.45. The van der Waals surface area contributed by atoms with Crippen molar-refractivity contribution in [2.75, 3.05) is 14.2 Å². The molecule has 0 saturated heterocycles. The molecule has 21 heavy (non-hydrogen) atoms. The molecule has 1 saturated carbocycles. The standard InChI is InChI=1S/C18H23NO2/c1-20-16-12-15(18(19)10-6-3-7-11-18)17(21-2)14-9-5-4-8-13(14)16/h4-5,8-9,12H,3,6-7,10-11,19H2,1-2H3. The van der Waals surface area contributed by atoms with Crippen LogP contribution < -0.4 is 15.2 Å². The van der Waals surface area contributed by atoms with Gasteiger partial charge >= 0.3 is 0 Å². The average molecular weight is 285 g/mol. The highest BCUT2D eigenvalue weighted by Gasteiger charge is 2.33. The summed E-state index contributed by atoms with van der Waals surface area (Å²) in [5, 5.41) is 2.14. The molecule has 2 N–H and O–H groups in total. The topological polar surface area (TPSA) is 44.5 Å². The Morgan fingerprint density at radius 1 is 0.952 bits per heavy atom. The third-order valence-corrected chi connectivity index (χ3v) is 4.66. The number of hydrogen-bond acceptors (Lipinski definition) is 3. The maximum atomic E-state index is 6.74. The van der Waals surface area contributed by atoms with E-state index in [1.54, 1.807) is 14.2 Å². The first-order valence-electron chi connectivity index (χ1n) is 7.63. The zero-order valence-electron chi connectivity index (χ0n) is 12.8. The number of hydrogen-bond donors (Lipinski definition) is 1. The van der Waals surface area contributed by atoms with Crippen molar-refractivity contribution in [1.29, 1.82) is 0 Å². The molecule has 0 unspecified atom stereocenters. The van der Waals surface area contributed by atoms with Crippen LogP contribution in [0, 0.1) is 0 Å². The van der Waals surface area contributed by atoms with Gasteiger partial charge in [0.25, 0.3) is 0 Å². The van der Waals surface area contributed by atoms with Gasteiger partial charge in [-0.2, -0.15) is 0 Å². The van der Waals surface area contributed by atoms with Crippen LogP contribution in [0.1, 0.15) is 37.7 Å². The second kappa shape index (κ2) is 5.57. The Balaban J connectivity index is 2.26. The number of benzene rings is 2. The van der Waals surface area contributed by atoms with Gasteiger partial charge in [-0.05, 0) is 18.9 Å². The van der Waals surface area contributed by atoms with E-state index in [9.17, 15) is 0 Å². The Morgan fingerprint density at radius 2 is 1.62 bits per heavy atom. The van der Waals surface area contributed by atoms with E-state index in [0.717, 1.165) is 40.7 Å². The monoisotopic (exact) mass is 285 g/mol. The predicted octanol–water partition coefficient (Wildman–Crippen LogP) is 3.98. The molecule has 1 fully saturated rings. The van der Waals surface area contributed by atoms with Gasteiger partial charge in [0.05, 0.1) is 14.2 Å². The molecule has 3 heteroatoms. The van der Waals surface area contributed by atoms with Crippen LogP contribution in [0.15, 0.2) is 30.3 Å². The normalized spacial score (nSPS) is 17.7. The molecule has 0 atom stereocenters.